The lowest BCUT2D eigenvalue weighted by atomic mass is 9.96. The van der Waals surface area contributed by atoms with Gasteiger partial charge in [-0.25, -0.2) is 0 Å². The highest BCUT2D eigenvalue weighted by atomic mass is 35.5. The first-order valence-electron chi connectivity index (χ1n) is 6.95. The van der Waals surface area contributed by atoms with Crippen LogP contribution in [0.15, 0.2) is 0 Å². The Kier molecular flexibility index (Phi) is 6.02. The first kappa shape index (κ1) is 17.0. The lowest BCUT2D eigenvalue weighted by Crippen LogP contribution is -2.46. The SMILES string of the molecule is CCOC(=O)C(C)(N)CCCCn1nc(C)c(Cl)c1C. The van der Waals surface area contributed by atoms with E-state index in [9.17, 15) is 4.79 Å². The number of hydrogen-bond donors (Lipinski definition) is 1. The van der Waals surface area contributed by atoms with Gasteiger partial charge in [0, 0.05) is 6.54 Å². The van der Waals surface area contributed by atoms with Crippen molar-refractivity contribution in [3.8, 4) is 0 Å². The second-order valence-electron chi connectivity index (χ2n) is 5.30. The Morgan fingerprint density at radius 1 is 1.45 bits per heavy atom. The maximum Gasteiger partial charge on any atom is 0.325 e. The van der Waals surface area contributed by atoms with Gasteiger partial charge in [0.05, 0.1) is 23.0 Å². The van der Waals surface area contributed by atoms with Crippen LogP contribution < -0.4 is 5.73 Å². The third kappa shape index (κ3) is 4.21. The molecule has 0 amide bonds. The maximum absolute atomic E-state index is 11.6. The number of carbonyl (C=O) groups excluding carboxylic acids is 1. The third-order valence-corrected chi connectivity index (χ3v) is 3.90. The average molecular weight is 302 g/mol. The van der Waals surface area contributed by atoms with Crippen molar-refractivity contribution < 1.29 is 9.53 Å². The average Bonchev–Trinajstić information content (AvgIpc) is 2.62. The minimum Gasteiger partial charge on any atom is -0.465 e. The molecular formula is C14H24ClN3O2. The van der Waals surface area contributed by atoms with Crippen molar-refractivity contribution >= 4 is 17.6 Å². The molecule has 1 rings (SSSR count). The molecule has 1 aromatic heterocycles. The van der Waals surface area contributed by atoms with Crippen molar-refractivity contribution in [3.63, 3.8) is 0 Å². The zero-order valence-corrected chi connectivity index (χ0v) is 13.5. The molecule has 0 aliphatic rings. The number of unbranched alkanes of at least 4 members (excludes halogenated alkanes) is 1. The Balaban J connectivity index is 2.41. The smallest absolute Gasteiger partial charge is 0.325 e. The Labute approximate surface area is 125 Å². The summed E-state index contributed by atoms with van der Waals surface area (Å²) in [5, 5.41) is 5.09. The van der Waals surface area contributed by atoms with Gasteiger partial charge in [0.2, 0.25) is 0 Å². The summed E-state index contributed by atoms with van der Waals surface area (Å²) in [5.74, 6) is -0.339. The molecule has 20 heavy (non-hydrogen) atoms. The molecule has 1 heterocycles. The second kappa shape index (κ2) is 7.09. The van der Waals surface area contributed by atoms with E-state index in [1.807, 2.05) is 18.5 Å². The van der Waals surface area contributed by atoms with Gasteiger partial charge in [-0.2, -0.15) is 5.10 Å². The topological polar surface area (TPSA) is 70.1 Å². The van der Waals surface area contributed by atoms with Gasteiger partial charge in [0.25, 0.3) is 0 Å². The number of carbonyl (C=O) groups is 1. The quantitative estimate of drug-likeness (QED) is 0.621. The van der Waals surface area contributed by atoms with Gasteiger partial charge in [-0.05, 0) is 47.0 Å². The highest BCUT2D eigenvalue weighted by Gasteiger charge is 2.29. The molecule has 1 atom stereocenters. The molecule has 0 aromatic carbocycles. The Bertz CT molecular complexity index is 469. The van der Waals surface area contributed by atoms with Gasteiger partial charge in [-0.1, -0.05) is 11.6 Å². The predicted molar refractivity (Wildman–Crippen MR) is 79.8 cm³/mol. The molecule has 0 aliphatic heterocycles. The fourth-order valence-corrected chi connectivity index (χ4v) is 2.18. The number of hydrogen-bond acceptors (Lipinski definition) is 4. The van der Waals surface area contributed by atoms with E-state index in [0.29, 0.717) is 13.0 Å². The zero-order valence-electron chi connectivity index (χ0n) is 12.7. The first-order chi connectivity index (χ1) is 9.29. The number of rotatable bonds is 7. The minimum atomic E-state index is -0.914. The lowest BCUT2D eigenvalue weighted by molar-refractivity contribution is -0.149. The number of halogens is 1. The molecule has 0 saturated carbocycles. The zero-order chi connectivity index (χ0) is 15.3. The predicted octanol–water partition coefficient (Wildman–Crippen LogP) is 2.60. The van der Waals surface area contributed by atoms with Crippen LogP contribution in [0.25, 0.3) is 0 Å². The number of ether oxygens (including phenoxy) is 1. The molecule has 6 heteroatoms. The van der Waals surface area contributed by atoms with Crippen LogP contribution in [0, 0.1) is 13.8 Å². The number of nitrogens with two attached hydrogens (primary N) is 1. The van der Waals surface area contributed by atoms with E-state index in [4.69, 9.17) is 22.1 Å². The summed E-state index contributed by atoms with van der Waals surface area (Å²) in [6, 6.07) is 0. The first-order valence-corrected chi connectivity index (χ1v) is 7.33. The molecule has 1 unspecified atom stereocenters. The number of aromatic nitrogens is 2. The van der Waals surface area contributed by atoms with Crippen molar-refractivity contribution in [2.45, 2.75) is 59.0 Å². The molecule has 114 valence electrons. The van der Waals surface area contributed by atoms with Crippen LogP contribution in [0.1, 0.15) is 44.5 Å². The van der Waals surface area contributed by atoms with Crippen molar-refractivity contribution in [3.05, 3.63) is 16.4 Å². The van der Waals surface area contributed by atoms with Gasteiger partial charge < -0.3 is 10.5 Å². The summed E-state index contributed by atoms with van der Waals surface area (Å²) >= 11 is 6.10. The van der Waals surface area contributed by atoms with E-state index in [0.717, 1.165) is 35.8 Å². The van der Waals surface area contributed by atoms with Crippen LogP contribution in [-0.2, 0) is 16.1 Å². The van der Waals surface area contributed by atoms with E-state index >= 15 is 0 Å². The summed E-state index contributed by atoms with van der Waals surface area (Å²) in [7, 11) is 0. The van der Waals surface area contributed by atoms with E-state index in [1.54, 1.807) is 13.8 Å². The molecule has 2 N–H and O–H groups in total. The summed E-state index contributed by atoms with van der Waals surface area (Å²) in [5.41, 5.74) is 6.88. The van der Waals surface area contributed by atoms with Crippen LogP contribution in [-0.4, -0.2) is 27.9 Å². The molecule has 0 fully saturated rings. The van der Waals surface area contributed by atoms with Crippen molar-refractivity contribution in [1.29, 1.82) is 0 Å². The van der Waals surface area contributed by atoms with Crippen molar-refractivity contribution in [1.82, 2.24) is 9.78 Å². The summed E-state index contributed by atoms with van der Waals surface area (Å²) < 4.78 is 6.86. The third-order valence-electron chi connectivity index (χ3n) is 3.35. The van der Waals surface area contributed by atoms with Crippen LogP contribution >= 0.6 is 11.6 Å². The van der Waals surface area contributed by atoms with Crippen LogP contribution in [0.3, 0.4) is 0 Å². The molecular weight excluding hydrogens is 278 g/mol. The van der Waals surface area contributed by atoms with Crippen LogP contribution in [0.4, 0.5) is 0 Å². The van der Waals surface area contributed by atoms with Crippen LogP contribution in [0.2, 0.25) is 5.02 Å². The summed E-state index contributed by atoms with van der Waals surface area (Å²) in [6.07, 6.45) is 2.32. The fraction of sp³-hybridized carbons (Fsp3) is 0.714. The van der Waals surface area contributed by atoms with E-state index in [2.05, 4.69) is 5.10 Å². The Hall–Kier alpha value is -1.07. The molecule has 0 aliphatic carbocycles. The van der Waals surface area contributed by atoms with E-state index < -0.39 is 5.54 Å². The molecule has 0 spiro atoms. The lowest BCUT2D eigenvalue weighted by Gasteiger charge is -2.22. The fourth-order valence-electron chi connectivity index (χ4n) is 2.04. The standard InChI is InChI=1S/C14H24ClN3O2/c1-5-20-13(19)14(4,16)8-6-7-9-18-11(3)12(15)10(2)17-18/h5-9,16H2,1-4H3. The number of esters is 1. The van der Waals surface area contributed by atoms with Gasteiger partial charge in [-0.15, -0.1) is 0 Å². The normalized spacial score (nSPS) is 14.1. The Morgan fingerprint density at radius 2 is 2.10 bits per heavy atom. The maximum atomic E-state index is 11.6. The molecule has 0 saturated heterocycles. The van der Waals surface area contributed by atoms with E-state index in [-0.39, 0.29) is 5.97 Å². The van der Waals surface area contributed by atoms with Crippen LogP contribution in [0.5, 0.6) is 0 Å². The second-order valence-corrected chi connectivity index (χ2v) is 5.68. The number of nitrogens with zero attached hydrogens (tertiary/aromatic N) is 2. The molecule has 5 nitrogen and oxygen atoms in total. The highest BCUT2D eigenvalue weighted by molar-refractivity contribution is 6.31. The van der Waals surface area contributed by atoms with Gasteiger partial charge in [0.1, 0.15) is 5.54 Å². The van der Waals surface area contributed by atoms with E-state index in [1.165, 1.54) is 0 Å². The number of aryl methyl sites for hydroxylation is 2. The largest absolute Gasteiger partial charge is 0.465 e. The highest BCUT2D eigenvalue weighted by Crippen LogP contribution is 2.20. The van der Waals surface area contributed by atoms with Crippen molar-refractivity contribution in [2.24, 2.45) is 5.73 Å². The van der Waals surface area contributed by atoms with Gasteiger partial charge >= 0.3 is 5.97 Å². The summed E-state index contributed by atoms with van der Waals surface area (Å²) in [4.78, 5) is 11.6. The molecule has 0 radical (unpaired) electrons. The van der Waals surface area contributed by atoms with Crippen molar-refractivity contribution in [2.75, 3.05) is 6.61 Å². The van der Waals surface area contributed by atoms with Gasteiger partial charge in [0.15, 0.2) is 0 Å². The molecule has 0 bridgehead atoms. The Morgan fingerprint density at radius 3 is 2.60 bits per heavy atom. The minimum absolute atomic E-state index is 0.339. The van der Waals surface area contributed by atoms with Gasteiger partial charge in [-0.3, -0.25) is 9.48 Å². The summed E-state index contributed by atoms with van der Waals surface area (Å²) in [6.45, 7) is 8.47. The molecule has 1 aromatic rings. The monoisotopic (exact) mass is 301 g/mol.